The lowest BCUT2D eigenvalue weighted by Gasteiger charge is -2.07. The Morgan fingerprint density at radius 1 is 1.24 bits per heavy atom. The number of carbonyl (C=O) groups is 2. The molecule has 0 unspecified atom stereocenters. The van der Waals surface area contributed by atoms with E-state index >= 15 is 0 Å². The van der Waals surface area contributed by atoms with E-state index in [4.69, 9.17) is 9.84 Å². The number of benzene rings is 1. The summed E-state index contributed by atoms with van der Waals surface area (Å²) in [7, 11) is 0. The van der Waals surface area contributed by atoms with Crippen molar-refractivity contribution in [2.45, 2.75) is 20.3 Å². The molecule has 0 radical (unpaired) electrons. The summed E-state index contributed by atoms with van der Waals surface area (Å²) < 4.78 is 5.01. The second-order valence-electron chi connectivity index (χ2n) is 3.78. The van der Waals surface area contributed by atoms with Crippen molar-refractivity contribution in [3.05, 3.63) is 29.3 Å². The van der Waals surface area contributed by atoms with Gasteiger partial charge in [-0.15, -0.1) is 0 Å². The highest BCUT2D eigenvalue weighted by atomic mass is 16.6. The number of carboxylic acid groups (broad SMARTS) is 1. The molecule has 1 rings (SSSR count). The number of nitrogens with one attached hydrogen (secondary N) is 1. The molecular formula is C12H15NO4. The van der Waals surface area contributed by atoms with E-state index in [1.54, 1.807) is 12.1 Å². The van der Waals surface area contributed by atoms with Crippen LogP contribution in [0.1, 0.15) is 17.5 Å². The lowest BCUT2D eigenvalue weighted by molar-refractivity contribution is -0.136. The molecule has 17 heavy (non-hydrogen) atoms. The van der Waals surface area contributed by atoms with Crippen LogP contribution in [-0.2, 0) is 4.79 Å². The molecule has 2 N–H and O–H groups in total. The summed E-state index contributed by atoms with van der Waals surface area (Å²) in [5.41, 5.74) is 2.00. The molecule has 0 saturated heterocycles. The molecule has 0 aliphatic rings. The summed E-state index contributed by atoms with van der Waals surface area (Å²) >= 11 is 0. The number of rotatable bonds is 4. The molecule has 0 aromatic heterocycles. The van der Waals surface area contributed by atoms with E-state index in [9.17, 15) is 9.59 Å². The van der Waals surface area contributed by atoms with Gasteiger partial charge in [0, 0.05) is 6.54 Å². The number of ether oxygens (including phenoxy) is 1. The molecule has 0 aliphatic heterocycles. The molecular weight excluding hydrogens is 222 g/mol. The molecule has 0 bridgehead atoms. The Hall–Kier alpha value is -2.04. The van der Waals surface area contributed by atoms with Gasteiger partial charge in [-0.3, -0.25) is 4.79 Å². The van der Waals surface area contributed by atoms with Crippen molar-refractivity contribution in [1.82, 2.24) is 5.32 Å². The predicted octanol–water partition coefficient (Wildman–Crippen LogP) is 1.87. The van der Waals surface area contributed by atoms with Crippen molar-refractivity contribution >= 4 is 12.1 Å². The summed E-state index contributed by atoms with van der Waals surface area (Å²) in [5, 5.41) is 10.8. The maximum atomic E-state index is 11.3. The van der Waals surface area contributed by atoms with Crippen LogP contribution in [0.15, 0.2) is 18.2 Å². The molecule has 0 aliphatic carbocycles. The van der Waals surface area contributed by atoms with E-state index in [1.165, 1.54) is 0 Å². The van der Waals surface area contributed by atoms with Crippen LogP contribution in [0.25, 0.3) is 0 Å². The third kappa shape index (κ3) is 5.01. The van der Waals surface area contributed by atoms with Crippen molar-refractivity contribution < 1.29 is 19.4 Å². The van der Waals surface area contributed by atoms with Crippen molar-refractivity contribution in [3.8, 4) is 5.75 Å². The lowest BCUT2D eigenvalue weighted by atomic mass is 10.1. The second kappa shape index (κ2) is 5.89. The Balaban J connectivity index is 2.47. The topological polar surface area (TPSA) is 75.6 Å². The van der Waals surface area contributed by atoms with Crippen LogP contribution >= 0.6 is 0 Å². The highest BCUT2D eigenvalue weighted by Crippen LogP contribution is 2.16. The molecule has 92 valence electrons. The van der Waals surface area contributed by atoms with Crippen LogP contribution < -0.4 is 10.1 Å². The third-order valence-corrected chi connectivity index (χ3v) is 2.01. The van der Waals surface area contributed by atoms with Crippen LogP contribution in [0.4, 0.5) is 4.79 Å². The van der Waals surface area contributed by atoms with Crippen LogP contribution in [-0.4, -0.2) is 23.7 Å². The number of hydrogen-bond donors (Lipinski definition) is 2. The highest BCUT2D eigenvalue weighted by molar-refractivity contribution is 5.72. The van der Waals surface area contributed by atoms with Crippen molar-refractivity contribution in [3.63, 3.8) is 0 Å². The van der Waals surface area contributed by atoms with Gasteiger partial charge in [0.15, 0.2) is 0 Å². The highest BCUT2D eigenvalue weighted by Gasteiger charge is 2.05. The Kier molecular flexibility index (Phi) is 4.51. The Morgan fingerprint density at radius 2 is 1.82 bits per heavy atom. The maximum Gasteiger partial charge on any atom is 0.412 e. The zero-order valence-electron chi connectivity index (χ0n) is 9.82. The minimum absolute atomic E-state index is 0.0545. The molecule has 1 aromatic carbocycles. The fraction of sp³-hybridized carbons (Fsp3) is 0.333. The molecule has 0 fully saturated rings. The summed E-state index contributed by atoms with van der Waals surface area (Å²) in [6.45, 7) is 3.86. The first-order valence-electron chi connectivity index (χ1n) is 5.23. The predicted molar refractivity (Wildman–Crippen MR) is 62.2 cm³/mol. The minimum atomic E-state index is -0.961. The molecule has 0 saturated carbocycles. The van der Waals surface area contributed by atoms with Crippen molar-refractivity contribution in [2.75, 3.05) is 6.54 Å². The number of amides is 1. The smallest absolute Gasteiger partial charge is 0.412 e. The molecule has 1 aromatic rings. The standard InChI is InChI=1S/C12H15NO4/c1-8-5-9(2)7-10(6-8)17-12(16)13-4-3-11(14)15/h5-7H,3-4H2,1-2H3,(H,13,16)(H,14,15). The largest absolute Gasteiger partial charge is 0.481 e. The summed E-state index contributed by atoms with van der Waals surface area (Å²) in [6, 6.07) is 5.45. The number of aliphatic carboxylic acids is 1. The van der Waals surface area contributed by atoms with Gasteiger partial charge in [0.05, 0.1) is 6.42 Å². The normalized spacial score (nSPS) is 9.76. The van der Waals surface area contributed by atoms with Crippen molar-refractivity contribution in [2.24, 2.45) is 0 Å². The lowest BCUT2D eigenvalue weighted by Crippen LogP contribution is -2.28. The van der Waals surface area contributed by atoms with E-state index in [2.05, 4.69) is 5.32 Å². The molecule has 0 spiro atoms. The van der Waals surface area contributed by atoms with Gasteiger partial charge in [-0.1, -0.05) is 6.07 Å². The van der Waals surface area contributed by atoms with Crippen LogP contribution in [0.3, 0.4) is 0 Å². The van der Waals surface area contributed by atoms with Crippen molar-refractivity contribution in [1.29, 1.82) is 0 Å². The van der Waals surface area contributed by atoms with E-state index in [0.717, 1.165) is 11.1 Å². The van der Waals surface area contributed by atoms with E-state index in [1.807, 2.05) is 19.9 Å². The molecule has 5 nitrogen and oxygen atoms in total. The van der Waals surface area contributed by atoms with Gasteiger partial charge in [0.2, 0.25) is 0 Å². The first-order chi connectivity index (χ1) is 7.97. The first kappa shape index (κ1) is 13.0. The zero-order valence-corrected chi connectivity index (χ0v) is 9.82. The van der Waals surface area contributed by atoms with E-state index in [0.29, 0.717) is 5.75 Å². The zero-order chi connectivity index (χ0) is 12.8. The van der Waals surface area contributed by atoms with Gasteiger partial charge < -0.3 is 15.2 Å². The summed E-state index contributed by atoms with van der Waals surface area (Å²) in [5.74, 6) is -0.507. The number of carboxylic acids is 1. The number of carbonyl (C=O) groups excluding carboxylic acids is 1. The Morgan fingerprint density at radius 3 is 2.35 bits per heavy atom. The maximum absolute atomic E-state index is 11.3. The van der Waals surface area contributed by atoms with E-state index < -0.39 is 12.1 Å². The molecule has 5 heteroatoms. The van der Waals surface area contributed by atoms with Crippen LogP contribution in [0.2, 0.25) is 0 Å². The third-order valence-electron chi connectivity index (χ3n) is 2.01. The average Bonchev–Trinajstić information content (AvgIpc) is 2.14. The van der Waals surface area contributed by atoms with Crippen LogP contribution in [0.5, 0.6) is 5.75 Å². The minimum Gasteiger partial charge on any atom is -0.481 e. The number of hydrogen-bond acceptors (Lipinski definition) is 3. The molecule has 0 atom stereocenters. The Bertz CT molecular complexity index is 408. The monoisotopic (exact) mass is 237 g/mol. The SMILES string of the molecule is Cc1cc(C)cc(OC(=O)NCCC(=O)O)c1. The first-order valence-corrected chi connectivity index (χ1v) is 5.23. The number of aryl methyl sites for hydroxylation is 2. The van der Waals surface area contributed by atoms with Gasteiger partial charge in [-0.2, -0.15) is 0 Å². The second-order valence-corrected chi connectivity index (χ2v) is 3.78. The fourth-order valence-electron chi connectivity index (χ4n) is 1.41. The van der Waals surface area contributed by atoms with Gasteiger partial charge >= 0.3 is 12.1 Å². The fourth-order valence-corrected chi connectivity index (χ4v) is 1.41. The van der Waals surface area contributed by atoms with Crippen LogP contribution in [0, 0.1) is 13.8 Å². The average molecular weight is 237 g/mol. The van der Waals surface area contributed by atoms with Gasteiger partial charge in [0.1, 0.15) is 5.75 Å². The quantitative estimate of drug-likeness (QED) is 0.838. The molecule has 0 heterocycles. The molecule has 1 amide bonds. The van der Waals surface area contributed by atoms with Gasteiger partial charge in [-0.25, -0.2) is 4.79 Å². The van der Waals surface area contributed by atoms with Gasteiger partial charge in [0.25, 0.3) is 0 Å². The van der Waals surface area contributed by atoms with Gasteiger partial charge in [-0.05, 0) is 37.1 Å². The van der Waals surface area contributed by atoms with E-state index in [-0.39, 0.29) is 13.0 Å². The summed E-state index contributed by atoms with van der Waals surface area (Å²) in [4.78, 5) is 21.5. The summed E-state index contributed by atoms with van der Waals surface area (Å²) in [6.07, 6.45) is -0.765. The Labute approximate surface area is 99.4 Å².